The van der Waals surface area contributed by atoms with E-state index >= 15 is 0 Å². The predicted molar refractivity (Wildman–Crippen MR) is 86.0 cm³/mol. The Balaban J connectivity index is 2.73. The van der Waals surface area contributed by atoms with Gasteiger partial charge in [0.1, 0.15) is 0 Å². The fourth-order valence-electron chi connectivity index (χ4n) is 2.00. The van der Waals surface area contributed by atoms with Crippen molar-refractivity contribution in [2.45, 2.75) is 39.2 Å². The van der Waals surface area contributed by atoms with E-state index < -0.39 is 0 Å². The molecule has 0 aliphatic heterocycles. The fraction of sp³-hybridized carbons (Fsp3) is 0.625. The number of hydrogen-bond acceptors (Lipinski definition) is 3. The highest BCUT2D eigenvalue weighted by molar-refractivity contribution is 7.99. The van der Waals surface area contributed by atoms with E-state index in [1.807, 2.05) is 0 Å². The zero-order valence-corrected chi connectivity index (χ0v) is 13.4. The highest BCUT2D eigenvalue weighted by Crippen LogP contribution is 2.25. The van der Waals surface area contributed by atoms with E-state index in [1.165, 1.54) is 11.1 Å². The molecule has 0 radical (unpaired) electrons. The van der Waals surface area contributed by atoms with Gasteiger partial charge in [0.25, 0.3) is 0 Å². The lowest BCUT2D eigenvalue weighted by molar-refractivity contribution is 0.322. The number of rotatable bonds is 7. The summed E-state index contributed by atoms with van der Waals surface area (Å²) in [5, 5.41) is 12.4. The van der Waals surface area contributed by atoms with Crippen LogP contribution in [0.1, 0.15) is 44.9 Å². The molecule has 1 unspecified atom stereocenters. The van der Waals surface area contributed by atoms with Gasteiger partial charge >= 0.3 is 0 Å². The van der Waals surface area contributed by atoms with Crippen LogP contribution in [0.15, 0.2) is 24.3 Å². The minimum absolute atomic E-state index is 0.206. The number of aliphatic hydroxyl groups excluding tert-OH is 1. The normalized spacial score (nSPS) is 13.5. The summed E-state index contributed by atoms with van der Waals surface area (Å²) in [6.45, 7) is 10.1. The lowest BCUT2D eigenvalue weighted by atomic mass is 9.86. The van der Waals surface area contributed by atoms with Crippen LogP contribution in [0.25, 0.3) is 0 Å². The summed E-state index contributed by atoms with van der Waals surface area (Å²) in [6, 6.07) is 9.30. The van der Waals surface area contributed by atoms with Gasteiger partial charge in [0.2, 0.25) is 0 Å². The maximum Gasteiger partial charge on any atom is 0.0521 e. The Morgan fingerprint density at radius 3 is 2.32 bits per heavy atom. The molecular formula is C16H27NOS. The predicted octanol–water partition coefficient (Wildman–Crippen LogP) is 3.36. The van der Waals surface area contributed by atoms with Crippen molar-refractivity contribution >= 4 is 11.8 Å². The second kappa shape index (κ2) is 7.93. The van der Waals surface area contributed by atoms with Crippen molar-refractivity contribution < 1.29 is 5.11 Å². The summed E-state index contributed by atoms with van der Waals surface area (Å²) in [5.41, 5.74) is 2.91. The minimum atomic E-state index is 0.206. The smallest absolute Gasteiger partial charge is 0.0521 e. The fourth-order valence-corrected chi connectivity index (χ4v) is 2.84. The van der Waals surface area contributed by atoms with E-state index in [9.17, 15) is 0 Å². The highest BCUT2D eigenvalue weighted by Gasteiger charge is 2.15. The second-order valence-electron chi connectivity index (χ2n) is 5.78. The van der Waals surface area contributed by atoms with Gasteiger partial charge in [0, 0.05) is 17.5 Å². The van der Waals surface area contributed by atoms with Gasteiger partial charge < -0.3 is 10.4 Å². The van der Waals surface area contributed by atoms with Gasteiger partial charge in [-0.2, -0.15) is 11.8 Å². The van der Waals surface area contributed by atoms with E-state index in [0.29, 0.717) is 6.04 Å². The maximum absolute atomic E-state index is 8.86. The molecule has 108 valence electrons. The van der Waals surface area contributed by atoms with Gasteiger partial charge in [-0.25, -0.2) is 0 Å². The van der Waals surface area contributed by atoms with Crippen molar-refractivity contribution in [3.63, 3.8) is 0 Å². The maximum atomic E-state index is 8.86. The lowest BCUT2D eigenvalue weighted by Gasteiger charge is -2.22. The molecule has 2 N–H and O–H groups in total. The molecular weight excluding hydrogens is 254 g/mol. The molecule has 0 spiro atoms. The third-order valence-corrected chi connectivity index (χ3v) is 4.19. The number of hydrogen-bond donors (Lipinski definition) is 2. The number of nitrogens with one attached hydrogen (secondary N) is 1. The first-order chi connectivity index (χ1) is 8.99. The zero-order chi connectivity index (χ0) is 14.3. The van der Waals surface area contributed by atoms with E-state index in [2.05, 4.69) is 57.3 Å². The molecule has 0 aliphatic rings. The Morgan fingerprint density at radius 2 is 1.84 bits per heavy atom. The molecule has 0 heterocycles. The summed E-state index contributed by atoms with van der Waals surface area (Å²) in [6.07, 6.45) is 0. The van der Waals surface area contributed by atoms with E-state index in [0.717, 1.165) is 18.1 Å². The lowest BCUT2D eigenvalue weighted by Crippen LogP contribution is -2.23. The molecule has 0 aromatic heterocycles. The molecule has 0 saturated carbocycles. The van der Waals surface area contributed by atoms with Gasteiger partial charge in [0.05, 0.1) is 6.61 Å². The van der Waals surface area contributed by atoms with E-state index in [4.69, 9.17) is 5.11 Å². The molecule has 0 bridgehead atoms. The summed E-state index contributed by atoms with van der Waals surface area (Å²) in [5.74, 6) is 1.81. The van der Waals surface area contributed by atoms with Crippen molar-refractivity contribution in [1.82, 2.24) is 5.32 Å². The van der Waals surface area contributed by atoms with Gasteiger partial charge in [-0.1, -0.05) is 52.0 Å². The van der Waals surface area contributed by atoms with Gasteiger partial charge in [-0.3, -0.25) is 0 Å². The van der Waals surface area contributed by atoms with Crippen LogP contribution in [-0.2, 0) is 5.41 Å². The van der Waals surface area contributed by atoms with Gasteiger partial charge in [0.15, 0.2) is 0 Å². The van der Waals surface area contributed by atoms with Crippen molar-refractivity contribution in [1.29, 1.82) is 0 Å². The highest BCUT2D eigenvalue weighted by atomic mass is 32.2. The second-order valence-corrected chi connectivity index (χ2v) is 6.93. The number of thioether (sulfide) groups is 1. The third-order valence-electron chi connectivity index (χ3n) is 3.15. The van der Waals surface area contributed by atoms with Crippen LogP contribution in [0.4, 0.5) is 0 Å². The Bertz CT molecular complexity index is 356. The largest absolute Gasteiger partial charge is 0.396 e. The first-order valence-corrected chi connectivity index (χ1v) is 8.17. The van der Waals surface area contributed by atoms with E-state index in [-0.39, 0.29) is 12.0 Å². The molecule has 1 atom stereocenters. The minimum Gasteiger partial charge on any atom is -0.396 e. The number of benzene rings is 1. The molecule has 3 heteroatoms. The van der Waals surface area contributed by atoms with Crippen LogP contribution >= 0.6 is 11.8 Å². The molecule has 1 aromatic rings. The summed E-state index contributed by atoms with van der Waals surface area (Å²) >= 11 is 1.79. The van der Waals surface area contributed by atoms with Crippen molar-refractivity contribution in [2.24, 2.45) is 0 Å². The third kappa shape index (κ3) is 5.55. The standard InChI is InChI=1S/C16H27NOS/c1-5-17-15(12-19-11-10-18)13-6-8-14(9-7-13)16(2,3)4/h6-9,15,17-18H,5,10-12H2,1-4H3. The van der Waals surface area contributed by atoms with E-state index in [1.54, 1.807) is 11.8 Å². The molecule has 1 aromatic carbocycles. The van der Waals surface area contributed by atoms with Crippen LogP contribution in [-0.4, -0.2) is 29.8 Å². The van der Waals surface area contributed by atoms with Crippen molar-refractivity contribution in [3.8, 4) is 0 Å². The Labute approximate surface area is 122 Å². The topological polar surface area (TPSA) is 32.3 Å². The quantitative estimate of drug-likeness (QED) is 0.752. The average Bonchev–Trinajstić information content (AvgIpc) is 2.37. The van der Waals surface area contributed by atoms with Crippen molar-refractivity contribution in [2.75, 3.05) is 24.7 Å². The summed E-state index contributed by atoms with van der Waals surface area (Å²) in [7, 11) is 0. The number of aliphatic hydroxyl groups is 1. The van der Waals surface area contributed by atoms with Crippen LogP contribution in [0.5, 0.6) is 0 Å². The first kappa shape index (κ1) is 16.5. The van der Waals surface area contributed by atoms with Crippen LogP contribution in [0.2, 0.25) is 0 Å². The first-order valence-electron chi connectivity index (χ1n) is 7.01. The van der Waals surface area contributed by atoms with Gasteiger partial charge in [-0.15, -0.1) is 0 Å². The van der Waals surface area contributed by atoms with Crippen LogP contribution < -0.4 is 5.32 Å². The zero-order valence-electron chi connectivity index (χ0n) is 12.6. The molecule has 0 fully saturated rings. The monoisotopic (exact) mass is 281 g/mol. The van der Waals surface area contributed by atoms with Gasteiger partial charge in [-0.05, 0) is 23.1 Å². The Kier molecular flexibility index (Phi) is 6.90. The van der Waals surface area contributed by atoms with Crippen LogP contribution in [0, 0.1) is 0 Å². The summed E-state index contributed by atoms with van der Waals surface area (Å²) in [4.78, 5) is 0. The molecule has 2 nitrogen and oxygen atoms in total. The molecule has 1 rings (SSSR count). The summed E-state index contributed by atoms with van der Waals surface area (Å²) < 4.78 is 0. The Morgan fingerprint density at radius 1 is 1.21 bits per heavy atom. The molecule has 0 amide bonds. The van der Waals surface area contributed by atoms with Crippen molar-refractivity contribution in [3.05, 3.63) is 35.4 Å². The Hall–Kier alpha value is -0.510. The molecule has 19 heavy (non-hydrogen) atoms. The molecule has 0 saturated heterocycles. The molecule has 0 aliphatic carbocycles. The van der Waals surface area contributed by atoms with Crippen LogP contribution in [0.3, 0.4) is 0 Å². The average molecular weight is 281 g/mol. The SMILES string of the molecule is CCNC(CSCCO)c1ccc(C(C)(C)C)cc1.